The van der Waals surface area contributed by atoms with Crippen molar-refractivity contribution in [3.63, 3.8) is 0 Å². The number of aliphatic hydroxyl groups excluding tert-OH is 1. The third kappa shape index (κ3) is 3.22. The van der Waals surface area contributed by atoms with Crippen LogP contribution in [0.4, 0.5) is 5.82 Å². The van der Waals surface area contributed by atoms with Gasteiger partial charge in [-0.25, -0.2) is 9.97 Å². The first-order chi connectivity index (χ1) is 12.1. The summed E-state index contributed by atoms with van der Waals surface area (Å²) in [5.41, 5.74) is 7.79. The Morgan fingerprint density at radius 1 is 1.20 bits per heavy atom. The van der Waals surface area contributed by atoms with Crippen LogP contribution in [0.15, 0.2) is 36.7 Å². The van der Waals surface area contributed by atoms with Crippen molar-refractivity contribution >= 4 is 39.0 Å². The topological polar surface area (TPSA) is 75.3 Å². The van der Waals surface area contributed by atoms with E-state index in [0.717, 1.165) is 57.4 Å². The van der Waals surface area contributed by atoms with Crippen molar-refractivity contribution in [1.82, 2.24) is 9.97 Å². The Morgan fingerprint density at radius 3 is 2.60 bits per heavy atom. The molecule has 1 aromatic carbocycles. The maximum absolute atomic E-state index is 9.45. The first-order valence-corrected chi connectivity index (χ1v) is 9.43. The summed E-state index contributed by atoms with van der Waals surface area (Å²) in [6.07, 6.45) is 3.13. The van der Waals surface area contributed by atoms with Crippen LogP contribution >= 0.6 is 22.9 Å². The van der Waals surface area contributed by atoms with Crippen LogP contribution in [0.5, 0.6) is 0 Å². The lowest BCUT2D eigenvalue weighted by atomic mass is 9.89. The molecule has 2 aromatic heterocycles. The van der Waals surface area contributed by atoms with Crippen LogP contribution in [-0.2, 0) is 0 Å². The molecule has 0 radical (unpaired) electrons. The molecule has 1 fully saturated rings. The second-order valence-corrected chi connectivity index (χ2v) is 8.03. The number of hydrogen-bond acceptors (Lipinski definition) is 6. The zero-order valence-corrected chi connectivity index (χ0v) is 15.2. The SMILES string of the molecule is NC1(CO)CCN(c2ncnc3cc(-c4ccc(Cl)cc4)sc23)CC1. The molecule has 3 aromatic rings. The number of piperidine rings is 1. The van der Waals surface area contributed by atoms with Gasteiger partial charge in [0.2, 0.25) is 0 Å². The van der Waals surface area contributed by atoms with E-state index in [1.54, 1.807) is 17.7 Å². The summed E-state index contributed by atoms with van der Waals surface area (Å²) in [5, 5.41) is 10.2. The van der Waals surface area contributed by atoms with Gasteiger partial charge in [-0.15, -0.1) is 11.3 Å². The van der Waals surface area contributed by atoms with Gasteiger partial charge in [-0.2, -0.15) is 0 Å². The molecule has 1 saturated heterocycles. The molecule has 4 rings (SSSR count). The molecule has 1 aliphatic rings. The minimum absolute atomic E-state index is 0.0275. The maximum atomic E-state index is 9.45. The average Bonchev–Trinajstić information content (AvgIpc) is 3.07. The van der Waals surface area contributed by atoms with Crippen molar-refractivity contribution in [2.75, 3.05) is 24.6 Å². The number of benzene rings is 1. The molecule has 5 nitrogen and oxygen atoms in total. The Bertz CT molecular complexity index is 888. The standard InChI is InChI=1S/C18H19ClN4OS/c19-13-3-1-12(2-4-13)15-9-14-16(25-15)17(22-11-21-14)23-7-5-18(20,10-24)6-8-23/h1-4,9,11,24H,5-8,10,20H2. The Balaban J connectivity index is 1.68. The number of nitrogens with zero attached hydrogens (tertiary/aromatic N) is 3. The summed E-state index contributed by atoms with van der Waals surface area (Å²) in [7, 11) is 0. The van der Waals surface area contributed by atoms with Crippen LogP contribution in [0, 0.1) is 0 Å². The second kappa shape index (κ2) is 6.53. The molecule has 0 spiro atoms. The van der Waals surface area contributed by atoms with Crippen LogP contribution < -0.4 is 10.6 Å². The second-order valence-electron chi connectivity index (χ2n) is 6.54. The van der Waals surface area contributed by atoms with Gasteiger partial charge in [0, 0.05) is 28.5 Å². The molecule has 0 aliphatic carbocycles. The molecule has 0 amide bonds. The van der Waals surface area contributed by atoms with Crippen LogP contribution in [0.25, 0.3) is 20.7 Å². The molecular formula is C18H19ClN4OS. The van der Waals surface area contributed by atoms with E-state index in [0.29, 0.717) is 0 Å². The Labute approximate surface area is 155 Å². The summed E-state index contributed by atoms with van der Waals surface area (Å²) in [4.78, 5) is 12.3. The summed E-state index contributed by atoms with van der Waals surface area (Å²) in [6.45, 7) is 1.61. The Morgan fingerprint density at radius 2 is 1.92 bits per heavy atom. The highest BCUT2D eigenvalue weighted by molar-refractivity contribution is 7.22. The summed E-state index contributed by atoms with van der Waals surface area (Å²) < 4.78 is 1.08. The van der Waals surface area contributed by atoms with Gasteiger partial charge in [0.05, 0.1) is 16.8 Å². The number of fused-ring (bicyclic) bond motifs is 1. The number of nitrogens with two attached hydrogens (primary N) is 1. The molecule has 1 aliphatic heterocycles. The fourth-order valence-electron chi connectivity index (χ4n) is 3.15. The molecule has 0 bridgehead atoms. The van der Waals surface area contributed by atoms with Gasteiger partial charge in [-0.3, -0.25) is 0 Å². The van der Waals surface area contributed by atoms with E-state index < -0.39 is 5.54 Å². The van der Waals surface area contributed by atoms with E-state index in [4.69, 9.17) is 17.3 Å². The molecule has 0 atom stereocenters. The number of thiophene rings is 1. The highest BCUT2D eigenvalue weighted by atomic mass is 35.5. The zero-order chi connectivity index (χ0) is 17.4. The largest absolute Gasteiger partial charge is 0.394 e. The third-order valence-corrected chi connectivity index (χ3v) is 6.22. The van der Waals surface area contributed by atoms with Crippen LogP contribution in [0.2, 0.25) is 5.02 Å². The molecule has 3 N–H and O–H groups in total. The first kappa shape index (κ1) is 16.7. The average molecular weight is 375 g/mol. The van der Waals surface area contributed by atoms with Gasteiger partial charge in [-0.1, -0.05) is 23.7 Å². The lowest BCUT2D eigenvalue weighted by Gasteiger charge is -2.38. The number of aliphatic hydroxyl groups is 1. The minimum atomic E-state index is -0.466. The third-order valence-electron chi connectivity index (χ3n) is 4.79. The smallest absolute Gasteiger partial charge is 0.150 e. The van der Waals surface area contributed by atoms with Crippen LogP contribution in [0.3, 0.4) is 0 Å². The molecule has 0 unspecified atom stereocenters. The molecule has 130 valence electrons. The van der Waals surface area contributed by atoms with E-state index in [1.807, 2.05) is 24.3 Å². The van der Waals surface area contributed by atoms with E-state index in [1.165, 1.54) is 0 Å². The van der Waals surface area contributed by atoms with E-state index in [-0.39, 0.29) is 6.61 Å². The Hall–Kier alpha value is -1.73. The number of aromatic nitrogens is 2. The van der Waals surface area contributed by atoms with Crippen molar-refractivity contribution in [3.05, 3.63) is 41.7 Å². The van der Waals surface area contributed by atoms with E-state index >= 15 is 0 Å². The van der Waals surface area contributed by atoms with Crippen molar-refractivity contribution in [2.45, 2.75) is 18.4 Å². The Kier molecular flexibility index (Phi) is 4.37. The summed E-state index contributed by atoms with van der Waals surface area (Å²) in [5.74, 6) is 0.954. The number of rotatable bonds is 3. The fourth-order valence-corrected chi connectivity index (χ4v) is 4.41. The lowest BCUT2D eigenvalue weighted by Crippen LogP contribution is -2.53. The normalized spacial score (nSPS) is 17.2. The predicted molar refractivity (Wildman–Crippen MR) is 103 cm³/mol. The molecule has 0 saturated carbocycles. The minimum Gasteiger partial charge on any atom is -0.394 e. The molecule has 7 heteroatoms. The van der Waals surface area contributed by atoms with Crippen molar-refractivity contribution in [1.29, 1.82) is 0 Å². The van der Waals surface area contributed by atoms with Crippen molar-refractivity contribution < 1.29 is 5.11 Å². The monoisotopic (exact) mass is 374 g/mol. The number of halogens is 1. The van der Waals surface area contributed by atoms with E-state index in [9.17, 15) is 5.11 Å². The molecular weight excluding hydrogens is 356 g/mol. The van der Waals surface area contributed by atoms with Gasteiger partial charge in [0.15, 0.2) is 0 Å². The highest BCUT2D eigenvalue weighted by Gasteiger charge is 2.31. The van der Waals surface area contributed by atoms with Gasteiger partial charge in [0.25, 0.3) is 0 Å². The highest BCUT2D eigenvalue weighted by Crippen LogP contribution is 2.38. The quantitative estimate of drug-likeness (QED) is 0.735. The lowest BCUT2D eigenvalue weighted by molar-refractivity contribution is 0.170. The summed E-state index contributed by atoms with van der Waals surface area (Å²) in [6, 6.07) is 9.93. The fraction of sp³-hybridized carbons (Fsp3) is 0.333. The number of hydrogen-bond donors (Lipinski definition) is 2. The van der Waals surface area contributed by atoms with Gasteiger partial charge < -0.3 is 15.7 Å². The predicted octanol–water partition coefficient (Wildman–Crippen LogP) is 3.30. The first-order valence-electron chi connectivity index (χ1n) is 8.23. The summed E-state index contributed by atoms with van der Waals surface area (Å²) >= 11 is 7.68. The van der Waals surface area contributed by atoms with Crippen LogP contribution in [0.1, 0.15) is 12.8 Å². The maximum Gasteiger partial charge on any atom is 0.150 e. The zero-order valence-electron chi connectivity index (χ0n) is 13.7. The van der Waals surface area contributed by atoms with E-state index in [2.05, 4.69) is 20.9 Å². The van der Waals surface area contributed by atoms with Gasteiger partial charge >= 0.3 is 0 Å². The van der Waals surface area contributed by atoms with Crippen LogP contribution in [-0.4, -0.2) is 40.3 Å². The number of anilines is 1. The molecule has 3 heterocycles. The van der Waals surface area contributed by atoms with Gasteiger partial charge in [0.1, 0.15) is 12.1 Å². The van der Waals surface area contributed by atoms with Crippen molar-refractivity contribution in [2.24, 2.45) is 5.73 Å². The van der Waals surface area contributed by atoms with Crippen molar-refractivity contribution in [3.8, 4) is 10.4 Å². The molecule has 25 heavy (non-hydrogen) atoms. The van der Waals surface area contributed by atoms with Gasteiger partial charge in [-0.05, 0) is 36.6 Å².